The van der Waals surface area contributed by atoms with E-state index < -0.39 is 0 Å². The highest BCUT2D eigenvalue weighted by Crippen LogP contribution is 2.43. The van der Waals surface area contributed by atoms with Gasteiger partial charge in [-0.05, 0) is 46.4 Å². The van der Waals surface area contributed by atoms with Gasteiger partial charge in [-0.2, -0.15) is 0 Å². The van der Waals surface area contributed by atoms with Gasteiger partial charge in [-0.3, -0.25) is 0 Å². The number of fused-ring (bicyclic) bond motifs is 2. The van der Waals surface area contributed by atoms with Crippen molar-refractivity contribution in [3.05, 3.63) is 66.4 Å². The summed E-state index contributed by atoms with van der Waals surface area (Å²) in [5, 5.41) is 1.08. The van der Waals surface area contributed by atoms with Crippen molar-refractivity contribution >= 4 is 10.9 Å². The highest BCUT2D eigenvalue weighted by atomic mass is 127. The molecule has 6 heteroatoms. The van der Waals surface area contributed by atoms with Crippen LogP contribution in [-0.4, -0.2) is 21.0 Å². The molecule has 2 heterocycles. The van der Waals surface area contributed by atoms with E-state index in [1.54, 1.807) is 14.2 Å². The number of benzene rings is 3. The first-order valence-corrected chi connectivity index (χ1v) is 11.4. The van der Waals surface area contributed by atoms with Crippen molar-refractivity contribution in [2.45, 2.75) is 26.2 Å². The molecule has 0 unspecified atom stereocenters. The molecule has 4 aromatic rings. The monoisotopic (exact) mass is 583 g/mol. The van der Waals surface area contributed by atoms with Crippen LogP contribution in [0.3, 0.4) is 0 Å². The number of ether oxygens (including phenoxy) is 4. The zero-order valence-electron chi connectivity index (χ0n) is 20.9. The Morgan fingerprint density at radius 1 is 0.800 bits per heavy atom. The fourth-order valence-electron chi connectivity index (χ4n) is 4.50. The van der Waals surface area contributed by atoms with Gasteiger partial charge in [-0.25, -0.2) is 4.57 Å². The van der Waals surface area contributed by atoms with Crippen LogP contribution in [0.1, 0.15) is 26.3 Å². The summed E-state index contributed by atoms with van der Waals surface area (Å²) in [6, 6.07) is 19.1. The number of aryl methyl sites for hydroxylation is 1. The van der Waals surface area contributed by atoms with Crippen molar-refractivity contribution in [3.63, 3.8) is 0 Å². The smallest absolute Gasteiger partial charge is 0.231 e. The number of nitrogens with zero attached hydrogens (tertiary/aromatic N) is 1. The van der Waals surface area contributed by atoms with Crippen LogP contribution < -0.4 is 47.5 Å². The third-order valence-electron chi connectivity index (χ3n) is 6.42. The lowest BCUT2D eigenvalue weighted by atomic mass is 9.86. The minimum absolute atomic E-state index is 0. The molecule has 1 aliphatic rings. The van der Waals surface area contributed by atoms with Crippen LogP contribution in [-0.2, 0) is 12.5 Å². The van der Waals surface area contributed by atoms with Gasteiger partial charge in [0.25, 0.3) is 0 Å². The summed E-state index contributed by atoms with van der Waals surface area (Å²) in [6.07, 6.45) is 2.12. The van der Waals surface area contributed by atoms with Crippen LogP contribution in [0.25, 0.3) is 33.2 Å². The van der Waals surface area contributed by atoms with E-state index in [4.69, 9.17) is 18.9 Å². The van der Waals surface area contributed by atoms with E-state index in [1.165, 1.54) is 5.56 Å². The predicted molar refractivity (Wildman–Crippen MR) is 134 cm³/mol. The van der Waals surface area contributed by atoms with Crippen LogP contribution in [0.5, 0.6) is 23.0 Å². The molecule has 0 N–H and O–H groups in total. The molecule has 0 spiro atoms. The lowest BCUT2D eigenvalue weighted by Crippen LogP contribution is -3.00. The molecule has 1 aromatic heterocycles. The van der Waals surface area contributed by atoms with Gasteiger partial charge in [0.1, 0.15) is 7.05 Å². The molecule has 0 atom stereocenters. The maximum atomic E-state index is 5.79. The molecule has 0 saturated carbocycles. The van der Waals surface area contributed by atoms with Gasteiger partial charge in [0, 0.05) is 11.1 Å². The molecule has 0 bridgehead atoms. The van der Waals surface area contributed by atoms with Crippen molar-refractivity contribution in [1.82, 2.24) is 0 Å². The van der Waals surface area contributed by atoms with Crippen LogP contribution >= 0.6 is 0 Å². The molecule has 1 aliphatic heterocycles. The molecule has 0 amide bonds. The molecule has 5 nitrogen and oxygen atoms in total. The average Bonchev–Trinajstić information content (AvgIpc) is 3.29. The largest absolute Gasteiger partial charge is 1.00 e. The van der Waals surface area contributed by atoms with Gasteiger partial charge in [0.2, 0.25) is 12.3 Å². The topological polar surface area (TPSA) is 40.8 Å². The van der Waals surface area contributed by atoms with Crippen molar-refractivity contribution in [2.24, 2.45) is 7.05 Å². The number of pyridine rings is 1. The maximum Gasteiger partial charge on any atom is 0.231 e. The zero-order chi connectivity index (χ0) is 24.0. The lowest BCUT2D eigenvalue weighted by Gasteiger charge is -2.20. The molecular formula is C29H30INO4. The predicted octanol–water partition coefficient (Wildman–Crippen LogP) is 3.05. The van der Waals surface area contributed by atoms with E-state index in [0.29, 0.717) is 5.75 Å². The summed E-state index contributed by atoms with van der Waals surface area (Å²) in [5.74, 6) is 2.98. The summed E-state index contributed by atoms with van der Waals surface area (Å²) in [6.45, 7) is 6.92. The zero-order valence-corrected chi connectivity index (χ0v) is 23.1. The van der Waals surface area contributed by atoms with E-state index in [-0.39, 0.29) is 36.2 Å². The molecular weight excluding hydrogens is 553 g/mol. The van der Waals surface area contributed by atoms with E-state index in [2.05, 4.69) is 67.9 Å². The van der Waals surface area contributed by atoms with E-state index in [9.17, 15) is 0 Å². The Morgan fingerprint density at radius 3 is 2.11 bits per heavy atom. The number of rotatable bonds is 4. The molecule has 0 saturated heterocycles. The highest BCUT2D eigenvalue weighted by Gasteiger charge is 2.21. The third-order valence-corrected chi connectivity index (χ3v) is 6.42. The van der Waals surface area contributed by atoms with E-state index >= 15 is 0 Å². The van der Waals surface area contributed by atoms with Gasteiger partial charge in [0.15, 0.2) is 29.2 Å². The number of methoxy groups -OCH3 is 2. The summed E-state index contributed by atoms with van der Waals surface area (Å²) in [4.78, 5) is 0. The fourth-order valence-corrected chi connectivity index (χ4v) is 4.50. The van der Waals surface area contributed by atoms with Gasteiger partial charge in [-0.1, -0.05) is 45.0 Å². The number of aromatic nitrogens is 1. The van der Waals surface area contributed by atoms with Crippen molar-refractivity contribution in [2.75, 3.05) is 21.0 Å². The molecule has 182 valence electrons. The Kier molecular flexibility index (Phi) is 6.86. The fraction of sp³-hybridized carbons (Fsp3) is 0.276. The summed E-state index contributed by atoms with van der Waals surface area (Å²) < 4.78 is 24.8. The second-order valence-electron chi connectivity index (χ2n) is 9.69. The Hall–Kier alpha value is -3.00. The number of halogens is 1. The van der Waals surface area contributed by atoms with Gasteiger partial charge in [-0.15, -0.1) is 0 Å². The van der Waals surface area contributed by atoms with Crippen LogP contribution in [0.15, 0.2) is 60.8 Å². The van der Waals surface area contributed by atoms with Crippen molar-refractivity contribution in [1.29, 1.82) is 0 Å². The highest BCUT2D eigenvalue weighted by molar-refractivity contribution is 5.87. The minimum atomic E-state index is 0. The SMILES string of the molecule is COc1cc(-c2cc3cc4c(cc3[n+](C)c2)OCO4)cc(-c2ccc(C(C)(C)C)cc2)c1OC.[I-]. The molecule has 0 aliphatic carbocycles. The second kappa shape index (κ2) is 9.57. The lowest BCUT2D eigenvalue weighted by molar-refractivity contribution is -0.644. The quantitative estimate of drug-likeness (QED) is 0.274. The summed E-state index contributed by atoms with van der Waals surface area (Å²) in [5.41, 5.74) is 6.65. The van der Waals surface area contributed by atoms with E-state index in [1.807, 2.05) is 25.2 Å². The Bertz CT molecular complexity index is 1390. The molecule has 0 fully saturated rings. The van der Waals surface area contributed by atoms with Crippen molar-refractivity contribution in [3.8, 4) is 45.3 Å². The van der Waals surface area contributed by atoms with Crippen LogP contribution in [0.2, 0.25) is 0 Å². The Labute approximate surface area is 223 Å². The molecule has 0 radical (unpaired) electrons. The third kappa shape index (κ3) is 4.63. The minimum Gasteiger partial charge on any atom is -1.00 e. The van der Waals surface area contributed by atoms with Crippen LogP contribution in [0.4, 0.5) is 0 Å². The first kappa shape index (κ1) is 25.1. The first-order valence-electron chi connectivity index (χ1n) is 11.4. The Morgan fingerprint density at radius 2 is 1.49 bits per heavy atom. The molecule has 35 heavy (non-hydrogen) atoms. The molecule has 3 aromatic carbocycles. The number of hydrogen-bond donors (Lipinski definition) is 0. The number of hydrogen-bond acceptors (Lipinski definition) is 4. The first-order chi connectivity index (χ1) is 16.3. The van der Waals surface area contributed by atoms with Crippen LogP contribution in [0, 0.1) is 0 Å². The second-order valence-corrected chi connectivity index (χ2v) is 9.69. The summed E-state index contributed by atoms with van der Waals surface area (Å²) in [7, 11) is 5.40. The van der Waals surface area contributed by atoms with E-state index in [0.717, 1.165) is 50.4 Å². The summed E-state index contributed by atoms with van der Waals surface area (Å²) >= 11 is 0. The Balaban J connectivity index is 0.00000289. The van der Waals surface area contributed by atoms with Gasteiger partial charge < -0.3 is 42.9 Å². The maximum absolute atomic E-state index is 5.79. The average molecular weight is 583 g/mol. The standard InChI is InChI=1S/C29H30NO4.HI/c1-29(2,3)22-9-7-18(8-10-22)23-12-19(13-27(31-5)28(23)32-6)21-11-20-14-25-26(34-17-33-25)15-24(20)30(4)16-21;/h7-16H,17H2,1-6H3;1H/q+1;/p-1. The van der Waals surface area contributed by atoms with Gasteiger partial charge in [0.05, 0.1) is 25.7 Å². The van der Waals surface area contributed by atoms with Gasteiger partial charge >= 0.3 is 0 Å². The molecule has 5 rings (SSSR count). The van der Waals surface area contributed by atoms with Crippen molar-refractivity contribution < 1.29 is 47.5 Å². The normalized spacial score (nSPS) is 12.4.